The fourth-order valence-electron chi connectivity index (χ4n) is 1.44. The molecule has 74 valence electrons. The number of hydrogen-bond acceptors (Lipinski definition) is 3. The summed E-state index contributed by atoms with van der Waals surface area (Å²) in [5, 5.41) is 0. The molecule has 1 heterocycles. The van der Waals surface area contributed by atoms with Crippen molar-refractivity contribution < 1.29 is 9.47 Å². The summed E-state index contributed by atoms with van der Waals surface area (Å²) in [6.45, 7) is 2.27. The molecule has 0 aliphatic carbocycles. The van der Waals surface area contributed by atoms with Crippen molar-refractivity contribution in [3.63, 3.8) is 0 Å². The van der Waals surface area contributed by atoms with Crippen LogP contribution < -0.4 is 0 Å². The van der Waals surface area contributed by atoms with E-state index in [0.717, 1.165) is 18.8 Å². The summed E-state index contributed by atoms with van der Waals surface area (Å²) < 4.78 is 10.2. The van der Waals surface area contributed by atoms with Gasteiger partial charge in [-0.15, -0.1) is 0 Å². The van der Waals surface area contributed by atoms with Gasteiger partial charge in [0.2, 0.25) is 0 Å². The quantitative estimate of drug-likeness (QED) is 0.707. The van der Waals surface area contributed by atoms with E-state index in [1.54, 1.807) is 0 Å². The smallest absolute Gasteiger partial charge is 0.146 e. The second-order valence-electron chi connectivity index (χ2n) is 3.38. The minimum Gasteiger partial charge on any atom is -0.485 e. The second kappa shape index (κ2) is 4.53. The summed E-state index contributed by atoms with van der Waals surface area (Å²) in [4.78, 5) is 0. The number of benzene rings is 1. The van der Waals surface area contributed by atoms with Crippen LogP contribution in [-0.2, 0) is 16.1 Å². The predicted molar refractivity (Wildman–Crippen MR) is 58.4 cm³/mol. The van der Waals surface area contributed by atoms with Gasteiger partial charge >= 0.3 is 0 Å². The zero-order valence-electron chi connectivity index (χ0n) is 7.81. The first-order valence-corrected chi connectivity index (χ1v) is 5.09. The molecule has 1 aliphatic rings. The Morgan fingerprint density at radius 1 is 1.36 bits per heavy atom. The molecule has 0 spiro atoms. The van der Waals surface area contributed by atoms with Crippen molar-refractivity contribution in [2.75, 3.05) is 13.2 Å². The van der Waals surface area contributed by atoms with Gasteiger partial charge in [0.05, 0.1) is 13.2 Å². The monoisotopic (exact) mass is 208 g/mol. The molecule has 1 saturated heterocycles. The van der Waals surface area contributed by atoms with Crippen molar-refractivity contribution in [2.45, 2.75) is 12.5 Å². The van der Waals surface area contributed by atoms with Crippen LogP contribution in [0.1, 0.15) is 17.0 Å². The third kappa shape index (κ3) is 2.11. The summed E-state index contributed by atoms with van der Waals surface area (Å²) >= 11 is 4.58. The summed E-state index contributed by atoms with van der Waals surface area (Å²) in [7, 11) is 0. The largest absolute Gasteiger partial charge is 0.485 e. The fraction of sp³-hybridized carbons (Fsp3) is 0.364. The van der Waals surface area contributed by atoms with Gasteiger partial charge in [-0.1, -0.05) is 24.3 Å². The Labute approximate surface area is 88.8 Å². The van der Waals surface area contributed by atoms with Crippen LogP contribution in [-0.4, -0.2) is 18.8 Å². The molecule has 1 fully saturated rings. The van der Waals surface area contributed by atoms with Crippen molar-refractivity contribution in [3.05, 3.63) is 35.4 Å². The molecular weight excluding hydrogens is 196 g/mol. The number of hydrogen-bond donors (Lipinski definition) is 0. The molecule has 0 unspecified atom stereocenters. The zero-order valence-corrected chi connectivity index (χ0v) is 8.63. The maximum Gasteiger partial charge on any atom is 0.146 e. The first-order valence-electron chi connectivity index (χ1n) is 4.62. The van der Waals surface area contributed by atoms with Crippen LogP contribution in [0, 0.1) is 0 Å². The van der Waals surface area contributed by atoms with Gasteiger partial charge in [0, 0.05) is 5.92 Å². The molecule has 2 nitrogen and oxygen atoms in total. The van der Waals surface area contributed by atoms with Crippen molar-refractivity contribution in [2.24, 2.45) is 0 Å². The van der Waals surface area contributed by atoms with Gasteiger partial charge < -0.3 is 9.47 Å². The van der Waals surface area contributed by atoms with Gasteiger partial charge in [-0.2, -0.15) is 0 Å². The van der Waals surface area contributed by atoms with Crippen molar-refractivity contribution >= 4 is 17.8 Å². The minimum absolute atomic E-state index is 0.560. The average Bonchev–Trinajstić information content (AvgIpc) is 2.14. The van der Waals surface area contributed by atoms with Crippen LogP contribution in [0.15, 0.2) is 24.3 Å². The molecule has 2 rings (SSSR count). The number of rotatable bonds is 4. The molecule has 14 heavy (non-hydrogen) atoms. The molecular formula is C11H12O2S. The van der Waals surface area contributed by atoms with Crippen LogP contribution in [0.25, 0.3) is 0 Å². The Morgan fingerprint density at radius 3 is 2.57 bits per heavy atom. The van der Waals surface area contributed by atoms with Gasteiger partial charge in [-0.25, -0.2) is 0 Å². The number of thiocarbonyl (C=S) groups is 1. The maximum absolute atomic E-state index is 5.14. The van der Waals surface area contributed by atoms with E-state index in [9.17, 15) is 0 Å². The third-order valence-electron chi connectivity index (χ3n) is 2.41. The van der Waals surface area contributed by atoms with Gasteiger partial charge in [0.1, 0.15) is 12.2 Å². The molecule has 0 aromatic heterocycles. The van der Waals surface area contributed by atoms with Crippen LogP contribution in [0.2, 0.25) is 0 Å². The highest BCUT2D eigenvalue weighted by Crippen LogP contribution is 2.23. The minimum atomic E-state index is 0.560. The van der Waals surface area contributed by atoms with Crippen molar-refractivity contribution in [1.29, 1.82) is 0 Å². The highest BCUT2D eigenvalue weighted by Gasteiger charge is 2.19. The lowest BCUT2D eigenvalue weighted by atomic mass is 9.97. The first-order chi connectivity index (χ1) is 6.90. The Kier molecular flexibility index (Phi) is 3.11. The molecule has 1 aliphatic heterocycles. The molecule has 0 N–H and O–H groups in total. The Morgan fingerprint density at radius 2 is 2.07 bits per heavy atom. The van der Waals surface area contributed by atoms with Crippen LogP contribution >= 0.6 is 12.2 Å². The van der Waals surface area contributed by atoms with Crippen LogP contribution in [0.5, 0.6) is 0 Å². The fourth-order valence-corrected chi connectivity index (χ4v) is 1.51. The molecule has 1 aromatic carbocycles. The molecule has 0 saturated carbocycles. The van der Waals surface area contributed by atoms with E-state index in [1.165, 1.54) is 11.1 Å². The topological polar surface area (TPSA) is 18.5 Å². The van der Waals surface area contributed by atoms with Gasteiger partial charge in [-0.05, 0) is 23.3 Å². The second-order valence-corrected chi connectivity index (χ2v) is 3.58. The van der Waals surface area contributed by atoms with Crippen molar-refractivity contribution in [3.8, 4) is 0 Å². The summed E-state index contributed by atoms with van der Waals surface area (Å²) in [5.74, 6) is 0.593. The first kappa shape index (κ1) is 9.62. The van der Waals surface area contributed by atoms with E-state index in [4.69, 9.17) is 9.47 Å². The maximum atomic E-state index is 5.14. The van der Waals surface area contributed by atoms with E-state index >= 15 is 0 Å². The predicted octanol–water partition coefficient (Wildman–Crippen LogP) is 2.27. The lowest BCUT2D eigenvalue weighted by Gasteiger charge is -2.26. The Bertz CT molecular complexity index is 304. The van der Waals surface area contributed by atoms with Crippen LogP contribution in [0.4, 0.5) is 0 Å². The average molecular weight is 208 g/mol. The lowest BCUT2D eigenvalue weighted by Crippen LogP contribution is -2.24. The standard InChI is InChI=1S/C11H12O2S/c14-8-13-5-9-1-3-10(4-2-9)11-6-12-7-11/h1-4,8,11H,5-7H2. The summed E-state index contributed by atoms with van der Waals surface area (Å²) in [6, 6.07) is 8.42. The van der Waals surface area contributed by atoms with Gasteiger partial charge in [0.25, 0.3) is 0 Å². The highest BCUT2D eigenvalue weighted by atomic mass is 32.1. The highest BCUT2D eigenvalue weighted by molar-refractivity contribution is 7.78. The molecule has 0 amide bonds. The van der Waals surface area contributed by atoms with E-state index < -0.39 is 0 Å². The van der Waals surface area contributed by atoms with E-state index in [-0.39, 0.29) is 0 Å². The van der Waals surface area contributed by atoms with E-state index in [2.05, 4.69) is 36.5 Å². The van der Waals surface area contributed by atoms with Crippen LogP contribution in [0.3, 0.4) is 0 Å². The Balaban J connectivity index is 1.98. The zero-order chi connectivity index (χ0) is 9.80. The molecule has 0 atom stereocenters. The molecule has 0 radical (unpaired) electrons. The summed E-state index contributed by atoms with van der Waals surface area (Å²) in [5.41, 5.74) is 3.80. The SMILES string of the molecule is S=COCc1ccc(C2COC2)cc1. The molecule has 0 bridgehead atoms. The van der Waals surface area contributed by atoms with E-state index in [1.807, 2.05) is 0 Å². The number of ether oxygens (including phenoxy) is 2. The van der Waals surface area contributed by atoms with Gasteiger partial charge in [0.15, 0.2) is 0 Å². The molecule has 1 aromatic rings. The van der Waals surface area contributed by atoms with E-state index in [0.29, 0.717) is 12.5 Å². The van der Waals surface area contributed by atoms with Crippen molar-refractivity contribution in [1.82, 2.24) is 0 Å². The lowest BCUT2D eigenvalue weighted by molar-refractivity contribution is 0.00841. The Hall–Kier alpha value is -0.930. The normalized spacial score (nSPS) is 16.0. The third-order valence-corrected chi connectivity index (χ3v) is 2.54. The molecule has 3 heteroatoms. The summed E-state index contributed by atoms with van der Waals surface area (Å²) in [6.07, 6.45) is 0. The van der Waals surface area contributed by atoms with Gasteiger partial charge in [-0.3, -0.25) is 0 Å².